The molecule has 1 aliphatic heterocycles. The third kappa shape index (κ3) is 2.78. The highest BCUT2D eigenvalue weighted by Crippen LogP contribution is 2.27. The van der Waals surface area contributed by atoms with Gasteiger partial charge in [0, 0.05) is 37.9 Å². The number of hydrogen-bond donors (Lipinski definition) is 0. The van der Waals surface area contributed by atoms with Crippen LogP contribution in [0, 0.1) is 0 Å². The zero-order valence-electron chi connectivity index (χ0n) is 12.9. The third-order valence-electron chi connectivity index (χ3n) is 4.19. The Bertz CT molecular complexity index is 621. The van der Waals surface area contributed by atoms with Gasteiger partial charge < -0.3 is 9.64 Å². The summed E-state index contributed by atoms with van der Waals surface area (Å²) in [6.07, 6.45) is 1.54. The second-order valence-electron chi connectivity index (χ2n) is 5.70. The van der Waals surface area contributed by atoms with E-state index in [9.17, 15) is 0 Å². The molecular formula is C16H22N4O. The van der Waals surface area contributed by atoms with E-state index in [4.69, 9.17) is 4.74 Å². The second kappa shape index (κ2) is 5.85. The summed E-state index contributed by atoms with van der Waals surface area (Å²) in [4.78, 5) is 13.4. The van der Waals surface area contributed by atoms with E-state index in [-0.39, 0.29) is 0 Å². The number of hydrogen-bond acceptors (Lipinski definition) is 5. The molecule has 1 aromatic heterocycles. The first-order chi connectivity index (χ1) is 10.2. The lowest BCUT2D eigenvalue weighted by Crippen LogP contribution is -2.48. The molecule has 1 saturated heterocycles. The van der Waals surface area contributed by atoms with Crippen LogP contribution in [0.15, 0.2) is 24.5 Å². The molecule has 3 rings (SSSR count). The van der Waals surface area contributed by atoms with Crippen LogP contribution in [0.2, 0.25) is 0 Å². The van der Waals surface area contributed by atoms with Crippen molar-refractivity contribution < 1.29 is 4.74 Å². The Balaban J connectivity index is 1.85. The summed E-state index contributed by atoms with van der Waals surface area (Å²) in [5.74, 6) is 0.641. The largest absolute Gasteiger partial charge is 0.480 e. The van der Waals surface area contributed by atoms with Crippen LogP contribution in [0.1, 0.15) is 13.8 Å². The van der Waals surface area contributed by atoms with Crippen molar-refractivity contribution in [1.29, 1.82) is 0 Å². The van der Waals surface area contributed by atoms with Crippen molar-refractivity contribution in [1.82, 2.24) is 14.9 Å². The van der Waals surface area contributed by atoms with Gasteiger partial charge >= 0.3 is 0 Å². The molecule has 0 aliphatic carbocycles. The molecule has 0 N–H and O–H groups in total. The molecule has 0 spiro atoms. The Kier molecular flexibility index (Phi) is 3.92. The molecule has 112 valence electrons. The van der Waals surface area contributed by atoms with Gasteiger partial charge in [-0.05, 0) is 32.0 Å². The van der Waals surface area contributed by atoms with Gasteiger partial charge in [0.15, 0.2) is 0 Å². The summed E-state index contributed by atoms with van der Waals surface area (Å²) in [6, 6.07) is 6.94. The predicted octanol–water partition coefficient (Wildman–Crippen LogP) is 2.17. The highest BCUT2D eigenvalue weighted by Gasteiger charge is 2.19. The van der Waals surface area contributed by atoms with Crippen LogP contribution in [0.5, 0.6) is 5.88 Å². The molecule has 0 amide bonds. The van der Waals surface area contributed by atoms with Crippen LogP contribution in [0.3, 0.4) is 0 Å². The molecule has 0 unspecified atom stereocenters. The highest BCUT2D eigenvalue weighted by molar-refractivity contribution is 5.86. The summed E-state index contributed by atoms with van der Waals surface area (Å²) in [5.41, 5.74) is 2.14. The van der Waals surface area contributed by atoms with Crippen molar-refractivity contribution in [3.05, 3.63) is 24.5 Å². The molecule has 1 aliphatic rings. The molecule has 1 aromatic carbocycles. The van der Waals surface area contributed by atoms with Gasteiger partial charge in [0.05, 0.1) is 18.0 Å². The van der Waals surface area contributed by atoms with E-state index in [1.54, 1.807) is 13.4 Å². The molecule has 0 saturated carbocycles. The Morgan fingerprint density at radius 3 is 2.52 bits per heavy atom. The number of ether oxygens (including phenoxy) is 1. The minimum atomic E-state index is 0.622. The van der Waals surface area contributed by atoms with E-state index in [1.807, 2.05) is 6.07 Å². The van der Waals surface area contributed by atoms with E-state index in [2.05, 4.69) is 45.7 Å². The lowest BCUT2D eigenvalue weighted by Gasteiger charge is -2.38. The Morgan fingerprint density at radius 2 is 1.86 bits per heavy atom. The lowest BCUT2D eigenvalue weighted by molar-refractivity contribution is 0.209. The number of piperazine rings is 1. The maximum atomic E-state index is 5.34. The normalized spacial score (nSPS) is 16.7. The summed E-state index contributed by atoms with van der Waals surface area (Å²) < 4.78 is 5.34. The molecule has 1 fully saturated rings. The molecular weight excluding hydrogens is 264 g/mol. The van der Waals surface area contributed by atoms with Gasteiger partial charge in [0.25, 0.3) is 0 Å². The predicted molar refractivity (Wildman–Crippen MR) is 85.0 cm³/mol. The zero-order chi connectivity index (χ0) is 14.8. The molecule has 2 heterocycles. The van der Waals surface area contributed by atoms with E-state index < -0.39 is 0 Å². The first-order valence-electron chi connectivity index (χ1n) is 7.47. The first kappa shape index (κ1) is 14.1. The topological polar surface area (TPSA) is 41.5 Å². The fraction of sp³-hybridized carbons (Fsp3) is 0.500. The van der Waals surface area contributed by atoms with Gasteiger partial charge in [-0.15, -0.1) is 0 Å². The molecule has 21 heavy (non-hydrogen) atoms. The van der Waals surface area contributed by atoms with Gasteiger partial charge in [-0.3, -0.25) is 4.90 Å². The summed E-state index contributed by atoms with van der Waals surface area (Å²) in [6.45, 7) is 8.84. The molecule has 5 nitrogen and oxygen atoms in total. The minimum Gasteiger partial charge on any atom is -0.480 e. The Labute approximate surface area is 125 Å². The monoisotopic (exact) mass is 286 g/mol. The standard InChI is InChI=1S/C16H22N4O/c1-12(2)19-6-8-20(9-7-19)13-4-5-15-14(10-13)16(21-3)18-11-17-15/h4-5,10-12H,6-9H2,1-3H3. The van der Waals surface area contributed by atoms with Crippen molar-refractivity contribution in [2.75, 3.05) is 38.2 Å². The Hall–Kier alpha value is -1.88. The number of fused-ring (bicyclic) bond motifs is 1. The smallest absolute Gasteiger partial charge is 0.224 e. The van der Waals surface area contributed by atoms with Gasteiger partial charge in [-0.1, -0.05) is 0 Å². The summed E-state index contributed by atoms with van der Waals surface area (Å²) in [5, 5.41) is 0.976. The zero-order valence-corrected chi connectivity index (χ0v) is 12.9. The number of rotatable bonds is 3. The van der Waals surface area contributed by atoms with Crippen LogP contribution < -0.4 is 9.64 Å². The number of nitrogens with zero attached hydrogens (tertiary/aromatic N) is 4. The van der Waals surface area contributed by atoms with Crippen molar-refractivity contribution in [2.24, 2.45) is 0 Å². The van der Waals surface area contributed by atoms with Crippen molar-refractivity contribution in [3.63, 3.8) is 0 Å². The summed E-state index contributed by atoms with van der Waals surface area (Å²) in [7, 11) is 1.65. The fourth-order valence-corrected chi connectivity index (χ4v) is 2.88. The van der Waals surface area contributed by atoms with Gasteiger partial charge in [0.1, 0.15) is 6.33 Å². The van der Waals surface area contributed by atoms with Crippen LogP contribution >= 0.6 is 0 Å². The van der Waals surface area contributed by atoms with Gasteiger partial charge in [-0.25, -0.2) is 9.97 Å². The van der Waals surface area contributed by atoms with Crippen molar-refractivity contribution in [2.45, 2.75) is 19.9 Å². The van der Waals surface area contributed by atoms with E-state index in [0.29, 0.717) is 11.9 Å². The van der Waals surface area contributed by atoms with Crippen molar-refractivity contribution >= 4 is 16.6 Å². The number of anilines is 1. The SMILES string of the molecule is COc1ncnc2ccc(N3CCN(C(C)C)CC3)cc12. The van der Waals surface area contributed by atoms with Crippen LogP contribution in [-0.4, -0.2) is 54.2 Å². The average molecular weight is 286 g/mol. The molecule has 0 bridgehead atoms. The Morgan fingerprint density at radius 1 is 1.10 bits per heavy atom. The maximum Gasteiger partial charge on any atom is 0.224 e. The molecule has 2 aromatic rings. The average Bonchev–Trinajstić information content (AvgIpc) is 2.53. The first-order valence-corrected chi connectivity index (χ1v) is 7.47. The number of methoxy groups -OCH3 is 1. The molecule has 5 heteroatoms. The van der Waals surface area contributed by atoms with Crippen LogP contribution in [0.25, 0.3) is 10.9 Å². The fourth-order valence-electron chi connectivity index (χ4n) is 2.88. The van der Waals surface area contributed by atoms with E-state index in [0.717, 1.165) is 37.1 Å². The van der Waals surface area contributed by atoms with Crippen LogP contribution in [-0.2, 0) is 0 Å². The van der Waals surface area contributed by atoms with Gasteiger partial charge in [-0.2, -0.15) is 0 Å². The quantitative estimate of drug-likeness (QED) is 0.865. The minimum absolute atomic E-state index is 0.622. The lowest BCUT2D eigenvalue weighted by atomic mass is 10.1. The highest BCUT2D eigenvalue weighted by atomic mass is 16.5. The van der Waals surface area contributed by atoms with E-state index >= 15 is 0 Å². The van der Waals surface area contributed by atoms with E-state index in [1.165, 1.54) is 5.69 Å². The third-order valence-corrected chi connectivity index (χ3v) is 4.19. The van der Waals surface area contributed by atoms with Crippen molar-refractivity contribution in [3.8, 4) is 5.88 Å². The van der Waals surface area contributed by atoms with Crippen LogP contribution in [0.4, 0.5) is 5.69 Å². The second-order valence-corrected chi connectivity index (χ2v) is 5.70. The van der Waals surface area contributed by atoms with Gasteiger partial charge in [0.2, 0.25) is 5.88 Å². The number of aromatic nitrogens is 2. The maximum absolute atomic E-state index is 5.34. The molecule has 0 radical (unpaired) electrons. The summed E-state index contributed by atoms with van der Waals surface area (Å²) >= 11 is 0. The molecule has 0 atom stereocenters. The number of benzene rings is 1.